The van der Waals surface area contributed by atoms with Gasteiger partial charge in [0.25, 0.3) is 0 Å². The lowest BCUT2D eigenvalue weighted by Gasteiger charge is -2.20. The largest absolute Gasteiger partial charge is 0.445 e. The van der Waals surface area contributed by atoms with Crippen molar-refractivity contribution >= 4 is 23.0 Å². The van der Waals surface area contributed by atoms with Crippen LogP contribution in [0.15, 0.2) is 59.8 Å². The Labute approximate surface area is 145 Å². The van der Waals surface area contributed by atoms with Crippen LogP contribution in [0.1, 0.15) is 19.4 Å². The van der Waals surface area contributed by atoms with Crippen molar-refractivity contribution < 1.29 is 14.3 Å². The summed E-state index contributed by atoms with van der Waals surface area (Å²) in [7, 11) is 0. The number of pyridine rings is 1. The van der Waals surface area contributed by atoms with Crippen LogP contribution in [0.5, 0.6) is 0 Å². The number of carbonyl (C=O) groups excluding carboxylic acids is 2. The molecule has 1 aromatic carbocycles. The third-order valence-corrected chi connectivity index (χ3v) is 4.16. The van der Waals surface area contributed by atoms with E-state index in [0.29, 0.717) is 5.03 Å². The van der Waals surface area contributed by atoms with E-state index in [1.807, 2.05) is 50.2 Å². The number of ether oxygens (including phenoxy) is 1. The second kappa shape index (κ2) is 9.08. The van der Waals surface area contributed by atoms with Crippen LogP contribution in [-0.4, -0.2) is 22.2 Å². The second-order valence-electron chi connectivity index (χ2n) is 5.52. The van der Waals surface area contributed by atoms with Crippen LogP contribution in [0.3, 0.4) is 0 Å². The normalized spacial score (nSPS) is 11.8. The monoisotopic (exact) mass is 344 g/mol. The standard InChI is InChI=1S/C18H20N2O3S/c1-13(2)16(17(21)24-15-10-6-7-11-19-15)20-18(22)23-12-14-8-4-3-5-9-14/h3-11,13,16H,12H2,1-2H3,(H,20,22)/t16-/m0/s1. The van der Waals surface area contributed by atoms with Crippen molar-refractivity contribution in [3.8, 4) is 0 Å². The maximum absolute atomic E-state index is 12.4. The average Bonchev–Trinajstić information content (AvgIpc) is 2.59. The quantitative estimate of drug-likeness (QED) is 0.810. The summed E-state index contributed by atoms with van der Waals surface area (Å²) in [5.74, 6) is -0.0574. The van der Waals surface area contributed by atoms with Crippen LogP contribution in [0.25, 0.3) is 0 Å². The highest BCUT2D eigenvalue weighted by atomic mass is 32.2. The molecule has 5 nitrogen and oxygen atoms in total. The van der Waals surface area contributed by atoms with Crippen molar-refractivity contribution in [2.75, 3.05) is 0 Å². The first-order valence-electron chi connectivity index (χ1n) is 7.66. The molecule has 0 spiro atoms. The summed E-state index contributed by atoms with van der Waals surface area (Å²) in [6.45, 7) is 3.91. The van der Waals surface area contributed by atoms with Gasteiger partial charge >= 0.3 is 6.09 Å². The molecule has 0 aliphatic rings. The van der Waals surface area contributed by atoms with Crippen LogP contribution in [0, 0.1) is 5.92 Å². The average molecular weight is 344 g/mol. The summed E-state index contributed by atoms with van der Waals surface area (Å²) >= 11 is 1.02. The highest BCUT2D eigenvalue weighted by molar-refractivity contribution is 8.13. The molecule has 0 aliphatic heterocycles. The molecule has 0 saturated heterocycles. The first-order chi connectivity index (χ1) is 11.6. The number of nitrogens with one attached hydrogen (secondary N) is 1. The summed E-state index contributed by atoms with van der Waals surface area (Å²) < 4.78 is 5.18. The van der Waals surface area contributed by atoms with E-state index in [1.54, 1.807) is 18.3 Å². The lowest BCUT2D eigenvalue weighted by atomic mass is 10.1. The first-order valence-corrected chi connectivity index (χ1v) is 8.48. The number of nitrogens with zero attached hydrogens (tertiary/aromatic N) is 1. The maximum Gasteiger partial charge on any atom is 0.408 e. The van der Waals surface area contributed by atoms with E-state index < -0.39 is 12.1 Å². The SMILES string of the molecule is CC(C)[C@H](NC(=O)OCc1ccccc1)C(=O)Sc1ccccn1. The number of benzene rings is 1. The van der Waals surface area contributed by atoms with Gasteiger partial charge in [0.15, 0.2) is 0 Å². The van der Waals surface area contributed by atoms with Gasteiger partial charge in [-0.25, -0.2) is 9.78 Å². The maximum atomic E-state index is 12.4. The zero-order valence-electron chi connectivity index (χ0n) is 13.6. The van der Waals surface area contributed by atoms with E-state index in [2.05, 4.69) is 10.3 Å². The fourth-order valence-corrected chi connectivity index (χ4v) is 2.89. The minimum atomic E-state index is -0.639. The van der Waals surface area contributed by atoms with Gasteiger partial charge in [-0.3, -0.25) is 4.79 Å². The molecule has 1 amide bonds. The van der Waals surface area contributed by atoms with Gasteiger partial charge in [0.2, 0.25) is 5.12 Å². The summed E-state index contributed by atoms with van der Waals surface area (Å²) in [6.07, 6.45) is 1.02. The zero-order valence-corrected chi connectivity index (χ0v) is 14.5. The van der Waals surface area contributed by atoms with Gasteiger partial charge in [-0.2, -0.15) is 0 Å². The second-order valence-corrected chi connectivity index (χ2v) is 6.54. The molecule has 0 aliphatic carbocycles. The number of carbonyl (C=O) groups is 2. The Morgan fingerprint density at radius 2 is 1.83 bits per heavy atom. The molecule has 1 N–H and O–H groups in total. The number of thioether (sulfide) groups is 1. The number of hydrogen-bond donors (Lipinski definition) is 1. The smallest absolute Gasteiger partial charge is 0.408 e. The van der Waals surface area contributed by atoms with E-state index >= 15 is 0 Å². The van der Waals surface area contributed by atoms with Crippen molar-refractivity contribution in [2.45, 2.75) is 31.5 Å². The molecule has 126 valence electrons. The van der Waals surface area contributed by atoms with E-state index in [9.17, 15) is 9.59 Å². The third kappa shape index (κ3) is 5.70. The van der Waals surface area contributed by atoms with E-state index in [-0.39, 0.29) is 17.6 Å². The summed E-state index contributed by atoms with van der Waals surface area (Å²) in [5, 5.41) is 3.09. The van der Waals surface area contributed by atoms with Gasteiger partial charge in [0, 0.05) is 6.20 Å². The molecular weight excluding hydrogens is 324 g/mol. The molecule has 1 aromatic heterocycles. The minimum absolute atomic E-state index is 0.0574. The molecule has 1 atom stereocenters. The molecule has 2 rings (SSSR count). The Hall–Kier alpha value is -2.34. The number of aromatic nitrogens is 1. The molecular formula is C18H20N2O3S. The predicted octanol–water partition coefficient (Wildman–Crippen LogP) is 3.65. The Morgan fingerprint density at radius 1 is 1.12 bits per heavy atom. The molecule has 0 fully saturated rings. The van der Waals surface area contributed by atoms with Crippen LogP contribution >= 0.6 is 11.8 Å². The van der Waals surface area contributed by atoms with Crippen LogP contribution < -0.4 is 5.32 Å². The number of alkyl carbamates (subject to hydrolysis) is 1. The van der Waals surface area contributed by atoms with Gasteiger partial charge in [0.1, 0.15) is 17.7 Å². The Kier molecular flexibility index (Phi) is 6.81. The summed E-state index contributed by atoms with van der Waals surface area (Å²) in [5.41, 5.74) is 0.892. The molecule has 1 heterocycles. The van der Waals surface area contributed by atoms with Crippen LogP contribution in [-0.2, 0) is 16.1 Å². The fourth-order valence-electron chi connectivity index (χ4n) is 1.96. The Morgan fingerprint density at radius 3 is 2.46 bits per heavy atom. The van der Waals surface area contributed by atoms with E-state index in [4.69, 9.17) is 4.74 Å². The Balaban J connectivity index is 1.90. The van der Waals surface area contributed by atoms with Crippen LogP contribution in [0.2, 0.25) is 0 Å². The molecule has 0 radical (unpaired) electrons. The van der Waals surface area contributed by atoms with E-state index in [1.165, 1.54) is 0 Å². The van der Waals surface area contributed by atoms with Gasteiger partial charge in [-0.05, 0) is 35.4 Å². The van der Waals surface area contributed by atoms with Gasteiger partial charge in [-0.1, -0.05) is 50.2 Å². The number of rotatable bonds is 6. The lowest BCUT2D eigenvalue weighted by molar-refractivity contribution is -0.113. The first kappa shape index (κ1) is 18.0. The summed E-state index contributed by atoms with van der Waals surface area (Å²) in [6, 6.07) is 14.1. The third-order valence-electron chi connectivity index (χ3n) is 3.25. The summed E-state index contributed by atoms with van der Waals surface area (Å²) in [4.78, 5) is 28.5. The van der Waals surface area contributed by atoms with Crippen molar-refractivity contribution in [1.29, 1.82) is 0 Å². The molecule has 24 heavy (non-hydrogen) atoms. The van der Waals surface area contributed by atoms with Crippen molar-refractivity contribution in [3.05, 3.63) is 60.3 Å². The van der Waals surface area contributed by atoms with Crippen molar-refractivity contribution in [3.63, 3.8) is 0 Å². The van der Waals surface area contributed by atoms with Crippen molar-refractivity contribution in [2.24, 2.45) is 5.92 Å². The molecule has 0 bridgehead atoms. The lowest BCUT2D eigenvalue weighted by Crippen LogP contribution is -2.43. The highest BCUT2D eigenvalue weighted by Crippen LogP contribution is 2.20. The topological polar surface area (TPSA) is 68.3 Å². The molecule has 0 saturated carbocycles. The van der Waals surface area contributed by atoms with E-state index in [0.717, 1.165) is 17.3 Å². The van der Waals surface area contributed by atoms with Crippen LogP contribution in [0.4, 0.5) is 4.79 Å². The highest BCUT2D eigenvalue weighted by Gasteiger charge is 2.26. The fraction of sp³-hybridized carbons (Fsp3) is 0.278. The molecule has 2 aromatic rings. The van der Waals surface area contributed by atoms with Gasteiger partial charge in [0.05, 0.1) is 0 Å². The predicted molar refractivity (Wildman–Crippen MR) is 93.5 cm³/mol. The zero-order chi connectivity index (χ0) is 17.4. The molecule has 0 unspecified atom stereocenters. The van der Waals surface area contributed by atoms with Gasteiger partial charge in [-0.15, -0.1) is 0 Å². The van der Waals surface area contributed by atoms with Gasteiger partial charge < -0.3 is 10.1 Å². The Bertz CT molecular complexity index is 662. The minimum Gasteiger partial charge on any atom is -0.445 e. The molecule has 6 heteroatoms. The number of amides is 1. The number of hydrogen-bond acceptors (Lipinski definition) is 5. The van der Waals surface area contributed by atoms with Crippen molar-refractivity contribution in [1.82, 2.24) is 10.3 Å².